The Morgan fingerprint density at radius 2 is 1.05 bits per heavy atom. The predicted octanol–water partition coefficient (Wildman–Crippen LogP) is 1.32. The second kappa shape index (κ2) is 4.77. The molecule has 8 nitrogen and oxygen atoms in total. The molecule has 2 fully saturated rings. The zero-order valence-electron chi connectivity index (χ0n) is 11.2. The van der Waals surface area contributed by atoms with Gasteiger partial charge in [0.1, 0.15) is 0 Å². The van der Waals surface area contributed by atoms with Crippen molar-refractivity contribution in [3.63, 3.8) is 0 Å². The maximum atomic E-state index is 5.27. The molecule has 0 saturated carbocycles. The lowest BCUT2D eigenvalue weighted by Crippen LogP contribution is -2.18. The molecule has 0 aromatic carbocycles. The largest absolute Gasteiger partial charge is 0.324 e. The first-order valence-electron chi connectivity index (χ1n) is 7.08. The molecule has 106 valence electrons. The standard InChI is InChI=1S/C12H16N6O2/c1-2-6-17(5-1)11-13-9(15-19-11)10-14-12(20-16-10)18-7-3-4-8-18/h1-8H2. The van der Waals surface area contributed by atoms with Crippen LogP contribution in [0, 0.1) is 0 Å². The SMILES string of the molecule is C1CCN(c2nc(-c3noc(N4CCCC4)n3)no2)C1. The molecule has 4 rings (SSSR count). The molecule has 0 bridgehead atoms. The van der Waals surface area contributed by atoms with Gasteiger partial charge in [-0.25, -0.2) is 0 Å². The number of hydrogen-bond acceptors (Lipinski definition) is 8. The maximum Gasteiger partial charge on any atom is 0.324 e. The van der Waals surface area contributed by atoms with E-state index >= 15 is 0 Å². The second-order valence-electron chi connectivity index (χ2n) is 5.19. The van der Waals surface area contributed by atoms with Gasteiger partial charge in [-0.3, -0.25) is 0 Å². The number of hydrogen-bond donors (Lipinski definition) is 0. The van der Waals surface area contributed by atoms with Crippen molar-refractivity contribution in [2.24, 2.45) is 0 Å². The van der Waals surface area contributed by atoms with Gasteiger partial charge in [0.15, 0.2) is 0 Å². The Morgan fingerprint density at radius 3 is 1.45 bits per heavy atom. The highest BCUT2D eigenvalue weighted by Gasteiger charge is 2.23. The molecule has 20 heavy (non-hydrogen) atoms. The summed E-state index contributed by atoms with van der Waals surface area (Å²) in [4.78, 5) is 12.9. The van der Waals surface area contributed by atoms with Crippen molar-refractivity contribution in [3.8, 4) is 11.6 Å². The molecule has 0 radical (unpaired) electrons. The molecule has 0 unspecified atom stereocenters. The van der Waals surface area contributed by atoms with Crippen LogP contribution in [0.3, 0.4) is 0 Å². The Morgan fingerprint density at radius 1 is 0.650 bits per heavy atom. The van der Waals surface area contributed by atoms with E-state index in [9.17, 15) is 0 Å². The van der Waals surface area contributed by atoms with Gasteiger partial charge in [0.2, 0.25) is 11.6 Å². The number of aromatic nitrogens is 4. The highest BCUT2D eigenvalue weighted by Crippen LogP contribution is 2.24. The Hall–Kier alpha value is -2.12. The highest BCUT2D eigenvalue weighted by molar-refractivity contribution is 5.47. The monoisotopic (exact) mass is 276 g/mol. The number of rotatable bonds is 3. The molecule has 8 heteroatoms. The van der Waals surface area contributed by atoms with Crippen molar-refractivity contribution in [1.29, 1.82) is 0 Å². The van der Waals surface area contributed by atoms with Gasteiger partial charge < -0.3 is 18.8 Å². The Kier molecular flexibility index (Phi) is 2.79. The van der Waals surface area contributed by atoms with E-state index in [0.29, 0.717) is 23.7 Å². The lowest BCUT2D eigenvalue weighted by molar-refractivity contribution is 0.411. The van der Waals surface area contributed by atoms with Gasteiger partial charge in [-0.1, -0.05) is 10.3 Å². The number of nitrogens with zero attached hydrogens (tertiary/aromatic N) is 6. The minimum Gasteiger partial charge on any atom is -0.324 e. The average molecular weight is 276 g/mol. The van der Waals surface area contributed by atoms with Gasteiger partial charge in [0, 0.05) is 26.2 Å². The molecule has 4 heterocycles. The molecule has 0 aliphatic carbocycles. The van der Waals surface area contributed by atoms with Crippen molar-refractivity contribution >= 4 is 12.0 Å². The summed E-state index contributed by atoms with van der Waals surface area (Å²) in [5, 5.41) is 7.88. The summed E-state index contributed by atoms with van der Waals surface area (Å²) < 4.78 is 10.5. The Bertz CT molecular complexity index is 530. The molecule has 0 amide bonds. The summed E-state index contributed by atoms with van der Waals surface area (Å²) in [5.74, 6) is 0.780. The molecule has 0 atom stereocenters. The van der Waals surface area contributed by atoms with E-state index in [-0.39, 0.29) is 0 Å². The van der Waals surface area contributed by atoms with Crippen LogP contribution in [-0.2, 0) is 0 Å². The third-order valence-electron chi connectivity index (χ3n) is 3.78. The quantitative estimate of drug-likeness (QED) is 0.829. The first kappa shape index (κ1) is 11.7. The molecule has 0 spiro atoms. The fourth-order valence-electron chi connectivity index (χ4n) is 2.69. The lowest BCUT2D eigenvalue weighted by Gasteiger charge is -2.09. The van der Waals surface area contributed by atoms with Crippen LogP contribution in [0.15, 0.2) is 9.05 Å². The summed E-state index contributed by atoms with van der Waals surface area (Å²) >= 11 is 0. The fourth-order valence-corrected chi connectivity index (χ4v) is 2.69. The molecular weight excluding hydrogens is 260 g/mol. The van der Waals surface area contributed by atoms with Crippen LogP contribution in [0.1, 0.15) is 25.7 Å². The first-order valence-corrected chi connectivity index (χ1v) is 7.08. The van der Waals surface area contributed by atoms with E-state index in [1.54, 1.807) is 0 Å². The smallest absolute Gasteiger partial charge is 0.324 e. The predicted molar refractivity (Wildman–Crippen MR) is 70.5 cm³/mol. The zero-order valence-corrected chi connectivity index (χ0v) is 11.2. The summed E-state index contributed by atoms with van der Waals surface area (Å²) in [6, 6.07) is 1.09. The maximum absolute atomic E-state index is 5.27. The topological polar surface area (TPSA) is 84.3 Å². The van der Waals surface area contributed by atoms with E-state index in [1.807, 2.05) is 0 Å². The second-order valence-corrected chi connectivity index (χ2v) is 5.19. The van der Waals surface area contributed by atoms with Crippen LogP contribution in [0.4, 0.5) is 12.0 Å². The van der Waals surface area contributed by atoms with Gasteiger partial charge >= 0.3 is 12.0 Å². The van der Waals surface area contributed by atoms with Crippen molar-refractivity contribution in [2.45, 2.75) is 25.7 Å². The zero-order chi connectivity index (χ0) is 13.4. The summed E-state index contributed by atoms with van der Waals surface area (Å²) in [6.07, 6.45) is 4.66. The third-order valence-corrected chi connectivity index (χ3v) is 3.78. The van der Waals surface area contributed by atoms with Gasteiger partial charge in [0.05, 0.1) is 0 Å². The van der Waals surface area contributed by atoms with E-state index in [0.717, 1.165) is 26.2 Å². The lowest BCUT2D eigenvalue weighted by atomic mass is 10.4. The van der Waals surface area contributed by atoms with Crippen molar-refractivity contribution in [1.82, 2.24) is 20.3 Å². The average Bonchev–Trinajstić information content (AvgIpc) is 3.22. The van der Waals surface area contributed by atoms with Crippen LogP contribution in [0.2, 0.25) is 0 Å². The molecule has 2 aliphatic rings. The molecule has 2 aliphatic heterocycles. The minimum atomic E-state index is 0.390. The molecule has 0 N–H and O–H groups in total. The van der Waals surface area contributed by atoms with Crippen LogP contribution in [-0.4, -0.2) is 46.5 Å². The normalized spacial score (nSPS) is 19.2. The van der Waals surface area contributed by atoms with Gasteiger partial charge in [-0.15, -0.1) is 0 Å². The Balaban J connectivity index is 1.54. The summed E-state index contributed by atoms with van der Waals surface area (Å²) in [6.45, 7) is 3.86. The van der Waals surface area contributed by atoms with Crippen LogP contribution >= 0.6 is 0 Å². The van der Waals surface area contributed by atoms with Crippen molar-refractivity contribution < 1.29 is 9.05 Å². The van der Waals surface area contributed by atoms with Gasteiger partial charge in [0.25, 0.3) is 0 Å². The van der Waals surface area contributed by atoms with E-state index in [1.165, 1.54) is 25.7 Å². The van der Waals surface area contributed by atoms with Gasteiger partial charge in [-0.2, -0.15) is 9.97 Å². The molecule has 2 saturated heterocycles. The Labute approximate surface area is 115 Å². The fraction of sp³-hybridized carbons (Fsp3) is 0.667. The van der Waals surface area contributed by atoms with Crippen LogP contribution in [0.25, 0.3) is 11.6 Å². The number of anilines is 2. The van der Waals surface area contributed by atoms with E-state index in [4.69, 9.17) is 9.05 Å². The van der Waals surface area contributed by atoms with Crippen molar-refractivity contribution in [3.05, 3.63) is 0 Å². The first-order chi connectivity index (χ1) is 9.90. The summed E-state index contributed by atoms with van der Waals surface area (Å²) in [5.41, 5.74) is 0. The van der Waals surface area contributed by atoms with E-state index < -0.39 is 0 Å². The minimum absolute atomic E-state index is 0.390. The third kappa shape index (κ3) is 2.00. The van der Waals surface area contributed by atoms with Crippen molar-refractivity contribution in [2.75, 3.05) is 36.0 Å². The van der Waals surface area contributed by atoms with E-state index in [2.05, 4.69) is 30.1 Å². The highest BCUT2D eigenvalue weighted by atomic mass is 16.5. The van der Waals surface area contributed by atoms with Crippen LogP contribution < -0.4 is 9.80 Å². The molecular formula is C12H16N6O2. The molecule has 2 aromatic heterocycles. The summed E-state index contributed by atoms with van der Waals surface area (Å²) in [7, 11) is 0. The van der Waals surface area contributed by atoms with Gasteiger partial charge in [-0.05, 0) is 25.7 Å². The van der Waals surface area contributed by atoms with Crippen LogP contribution in [0.5, 0.6) is 0 Å². The molecule has 2 aromatic rings.